The number of hydrogen-bond acceptors (Lipinski definition) is 3. The molecule has 2 amide bonds. The Bertz CT molecular complexity index is 804. The summed E-state index contributed by atoms with van der Waals surface area (Å²) in [5, 5.41) is 11.5. The van der Waals surface area contributed by atoms with Gasteiger partial charge >= 0.3 is 0 Å². The molecule has 0 bridgehead atoms. The molecular formula is C19H19N3O2. The molecule has 0 spiro atoms. The van der Waals surface area contributed by atoms with Crippen LogP contribution in [0.3, 0.4) is 0 Å². The van der Waals surface area contributed by atoms with Crippen LogP contribution < -0.4 is 10.2 Å². The van der Waals surface area contributed by atoms with Crippen LogP contribution in [-0.2, 0) is 9.59 Å². The molecule has 0 aliphatic heterocycles. The number of benzene rings is 2. The average molecular weight is 321 g/mol. The van der Waals surface area contributed by atoms with Gasteiger partial charge < -0.3 is 10.2 Å². The van der Waals surface area contributed by atoms with E-state index in [0.29, 0.717) is 11.3 Å². The number of anilines is 2. The standard InChI is InChI=1S/C19H19N3O2/c1-13-5-4-6-18(14(13)2)22(15(3)23)12-19(24)21-17-9-7-16(11-20)8-10-17/h4-10H,12H2,1-3H3,(H,21,24). The fourth-order valence-corrected chi connectivity index (χ4v) is 2.37. The molecule has 0 aliphatic carbocycles. The van der Waals surface area contributed by atoms with Crippen molar-refractivity contribution >= 4 is 23.2 Å². The van der Waals surface area contributed by atoms with E-state index in [1.165, 1.54) is 11.8 Å². The third-order valence-electron chi connectivity index (χ3n) is 3.85. The topological polar surface area (TPSA) is 73.2 Å². The highest BCUT2D eigenvalue weighted by molar-refractivity contribution is 6.02. The number of amides is 2. The molecule has 2 rings (SSSR count). The fraction of sp³-hybridized carbons (Fsp3) is 0.211. The summed E-state index contributed by atoms with van der Waals surface area (Å²) in [6.07, 6.45) is 0. The largest absolute Gasteiger partial charge is 0.325 e. The van der Waals surface area contributed by atoms with E-state index in [0.717, 1.165) is 16.8 Å². The van der Waals surface area contributed by atoms with E-state index < -0.39 is 0 Å². The highest BCUT2D eigenvalue weighted by Crippen LogP contribution is 2.23. The van der Waals surface area contributed by atoms with Crippen LogP contribution in [-0.4, -0.2) is 18.4 Å². The van der Waals surface area contributed by atoms with Gasteiger partial charge in [-0.05, 0) is 55.3 Å². The highest BCUT2D eigenvalue weighted by Gasteiger charge is 2.18. The number of carbonyl (C=O) groups is 2. The zero-order valence-electron chi connectivity index (χ0n) is 14.0. The number of nitrogens with zero attached hydrogens (tertiary/aromatic N) is 2. The van der Waals surface area contributed by atoms with Gasteiger partial charge in [0.15, 0.2) is 0 Å². The summed E-state index contributed by atoms with van der Waals surface area (Å²) in [6.45, 7) is 5.27. The van der Waals surface area contributed by atoms with Crippen molar-refractivity contribution in [1.82, 2.24) is 0 Å². The monoisotopic (exact) mass is 321 g/mol. The lowest BCUT2D eigenvalue weighted by molar-refractivity contribution is -0.120. The van der Waals surface area contributed by atoms with Crippen molar-refractivity contribution in [2.75, 3.05) is 16.8 Å². The van der Waals surface area contributed by atoms with E-state index in [-0.39, 0.29) is 18.4 Å². The maximum absolute atomic E-state index is 12.3. The molecule has 0 aliphatic rings. The summed E-state index contributed by atoms with van der Waals surface area (Å²) >= 11 is 0. The van der Waals surface area contributed by atoms with Crippen LogP contribution in [0.5, 0.6) is 0 Å². The van der Waals surface area contributed by atoms with Crippen molar-refractivity contribution in [2.24, 2.45) is 0 Å². The molecule has 2 aromatic carbocycles. The lowest BCUT2D eigenvalue weighted by Gasteiger charge is -2.23. The summed E-state index contributed by atoms with van der Waals surface area (Å²) in [5.74, 6) is -0.491. The molecule has 1 N–H and O–H groups in total. The second kappa shape index (κ2) is 7.42. The second-order valence-corrected chi connectivity index (χ2v) is 5.56. The Balaban J connectivity index is 2.15. The molecule has 5 heteroatoms. The van der Waals surface area contributed by atoms with Crippen molar-refractivity contribution in [3.63, 3.8) is 0 Å². The third kappa shape index (κ3) is 3.99. The molecule has 24 heavy (non-hydrogen) atoms. The van der Waals surface area contributed by atoms with Gasteiger partial charge in [-0.15, -0.1) is 0 Å². The van der Waals surface area contributed by atoms with Gasteiger partial charge in [0.25, 0.3) is 0 Å². The maximum Gasteiger partial charge on any atom is 0.244 e. The van der Waals surface area contributed by atoms with Crippen LogP contribution >= 0.6 is 0 Å². The van der Waals surface area contributed by atoms with Gasteiger partial charge in [-0.1, -0.05) is 12.1 Å². The van der Waals surface area contributed by atoms with Crippen LogP contribution in [0.25, 0.3) is 0 Å². The molecule has 0 fully saturated rings. The van der Waals surface area contributed by atoms with E-state index in [9.17, 15) is 9.59 Å². The quantitative estimate of drug-likeness (QED) is 0.940. The number of aryl methyl sites for hydroxylation is 1. The number of carbonyl (C=O) groups excluding carboxylic acids is 2. The van der Waals surface area contributed by atoms with Crippen molar-refractivity contribution in [3.05, 3.63) is 59.2 Å². The van der Waals surface area contributed by atoms with Crippen molar-refractivity contribution < 1.29 is 9.59 Å². The van der Waals surface area contributed by atoms with Gasteiger partial charge in [-0.25, -0.2) is 0 Å². The van der Waals surface area contributed by atoms with Crippen molar-refractivity contribution in [2.45, 2.75) is 20.8 Å². The molecule has 0 aromatic heterocycles. The number of nitriles is 1. The minimum absolute atomic E-state index is 0.0698. The SMILES string of the molecule is CC(=O)N(CC(=O)Nc1ccc(C#N)cc1)c1cccc(C)c1C. The van der Waals surface area contributed by atoms with Crippen LogP contribution in [0.2, 0.25) is 0 Å². The number of nitrogens with one attached hydrogen (secondary N) is 1. The predicted molar refractivity (Wildman–Crippen MR) is 93.7 cm³/mol. The highest BCUT2D eigenvalue weighted by atomic mass is 16.2. The molecule has 0 atom stereocenters. The van der Waals surface area contributed by atoms with Gasteiger partial charge in [-0.2, -0.15) is 5.26 Å². The molecule has 2 aromatic rings. The first-order valence-electron chi connectivity index (χ1n) is 7.56. The molecule has 0 saturated heterocycles. The molecule has 0 saturated carbocycles. The average Bonchev–Trinajstić information content (AvgIpc) is 2.56. The normalized spacial score (nSPS) is 9.92. The first-order chi connectivity index (χ1) is 11.4. The predicted octanol–water partition coefficient (Wildman–Crippen LogP) is 3.17. The minimum atomic E-state index is -0.296. The van der Waals surface area contributed by atoms with E-state index in [2.05, 4.69) is 5.32 Å². The molecule has 122 valence electrons. The zero-order valence-corrected chi connectivity index (χ0v) is 14.0. The number of hydrogen-bond donors (Lipinski definition) is 1. The van der Waals surface area contributed by atoms with Crippen LogP contribution in [0.1, 0.15) is 23.6 Å². The molecule has 0 unspecified atom stereocenters. The van der Waals surface area contributed by atoms with Crippen LogP contribution in [0, 0.1) is 25.2 Å². The Morgan fingerprint density at radius 2 is 1.79 bits per heavy atom. The van der Waals surface area contributed by atoms with Crippen molar-refractivity contribution in [1.29, 1.82) is 5.26 Å². The summed E-state index contributed by atoms with van der Waals surface area (Å²) in [7, 11) is 0. The maximum atomic E-state index is 12.3. The fourth-order valence-electron chi connectivity index (χ4n) is 2.37. The van der Waals surface area contributed by atoms with Gasteiger partial charge in [-0.3, -0.25) is 9.59 Å². The summed E-state index contributed by atoms with van der Waals surface area (Å²) in [4.78, 5) is 25.7. The van der Waals surface area contributed by atoms with Gasteiger partial charge in [0, 0.05) is 18.3 Å². The molecule has 0 radical (unpaired) electrons. The van der Waals surface area contributed by atoms with Crippen molar-refractivity contribution in [3.8, 4) is 6.07 Å². The van der Waals surface area contributed by atoms with Crippen LogP contribution in [0.4, 0.5) is 11.4 Å². The second-order valence-electron chi connectivity index (χ2n) is 5.56. The molecule has 5 nitrogen and oxygen atoms in total. The first-order valence-corrected chi connectivity index (χ1v) is 7.56. The minimum Gasteiger partial charge on any atom is -0.325 e. The van der Waals surface area contributed by atoms with E-state index in [1.807, 2.05) is 38.1 Å². The van der Waals surface area contributed by atoms with Gasteiger partial charge in [0.1, 0.15) is 6.54 Å². The van der Waals surface area contributed by atoms with Crippen LogP contribution in [0.15, 0.2) is 42.5 Å². The first kappa shape index (κ1) is 17.2. The Morgan fingerprint density at radius 1 is 1.12 bits per heavy atom. The summed E-state index contributed by atoms with van der Waals surface area (Å²) in [6, 6.07) is 14.3. The molecule has 0 heterocycles. The van der Waals surface area contributed by atoms with E-state index >= 15 is 0 Å². The molecular weight excluding hydrogens is 302 g/mol. The third-order valence-corrected chi connectivity index (χ3v) is 3.85. The number of rotatable bonds is 4. The Morgan fingerprint density at radius 3 is 2.38 bits per heavy atom. The van der Waals surface area contributed by atoms with E-state index in [1.54, 1.807) is 24.3 Å². The Kier molecular flexibility index (Phi) is 5.33. The van der Waals surface area contributed by atoms with Gasteiger partial charge in [0.05, 0.1) is 11.6 Å². The summed E-state index contributed by atoms with van der Waals surface area (Å²) < 4.78 is 0. The lowest BCUT2D eigenvalue weighted by atomic mass is 10.1. The Labute approximate surface area is 141 Å². The summed E-state index contributed by atoms with van der Waals surface area (Å²) in [5.41, 5.74) is 3.87. The Hall–Kier alpha value is -3.13. The lowest BCUT2D eigenvalue weighted by Crippen LogP contribution is -2.37. The zero-order chi connectivity index (χ0) is 17.7. The van der Waals surface area contributed by atoms with E-state index in [4.69, 9.17) is 5.26 Å². The van der Waals surface area contributed by atoms with Gasteiger partial charge in [0.2, 0.25) is 11.8 Å². The smallest absolute Gasteiger partial charge is 0.244 e.